The van der Waals surface area contributed by atoms with Gasteiger partial charge in [-0.25, -0.2) is 0 Å². The molecule has 2 aliphatic rings. The summed E-state index contributed by atoms with van der Waals surface area (Å²) >= 11 is 0. The highest BCUT2D eigenvalue weighted by Crippen LogP contribution is 2.42. The van der Waals surface area contributed by atoms with E-state index >= 15 is 0 Å². The van der Waals surface area contributed by atoms with Gasteiger partial charge in [0.2, 0.25) is 0 Å². The van der Waals surface area contributed by atoms with E-state index in [1.165, 1.54) is 5.57 Å². The Morgan fingerprint density at radius 2 is 1.95 bits per heavy atom. The third-order valence-electron chi connectivity index (χ3n) is 5.23. The van der Waals surface area contributed by atoms with Gasteiger partial charge in [0.1, 0.15) is 5.78 Å². The molecule has 0 heterocycles. The zero-order valence-corrected chi connectivity index (χ0v) is 14.1. The molecule has 0 aromatic rings. The number of ketones is 1. The Kier molecular flexibility index (Phi) is 4.08. The molecule has 3 heteroatoms. The predicted molar refractivity (Wildman–Crippen MR) is 81.7 cm³/mol. The first-order valence-corrected chi connectivity index (χ1v) is 10.4. The monoisotopic (exact) mass is 280 g/mol. The fourth-order valence-corrected chi connectivity index (χ4v) is 3.97. The number of Topliss-reactive ketones (excluding diaryl/α,β-unsaturated/α-hetero) is 1. The van der Waals surface area contributed by atoms with Crippen LogP contribution in [0.5, 0.6) is 0 Å². The van der Waals surface area contributed by atoms with Crippen LogP contribution in [0.2, 0.25) is 18.1 Å². The van der Waals surface area contributed by atoms with E-state index in [-0.39, 0.29) is 0 Å². The molecule has 0 radical (unpaired) electrons. The Morgan fingerprint density at radius 1 is 1.26 bits per heavy atom. The molecule has 0 spiro atoms. The van der Waals surface area contributed by atoms with Gasteiger partial charge < -0.3 is 4.43 Å². The first kappa shape index (κ1) is 15.0. The van der Waals surface area contributed by atoms with Crippen molar-refractivity contribution >= 4 is 14.1 Å². The summed E-state index contributed by atoms with van der Waals surface area (Å²) in [6.07, 6.45) is 6.17. The second kappa shape index (κ2) is 5.17. The van der Waals surface area contributed by atoms with Crippen LogP contribution in [0.4, 0.5) is 0 Å². The quantitative estimate of drug-likeness (QED) is 0.566. The van der Waals surface area contributed by atoms with Crippen molar-refractivity contribution in [2.75, 3.05) is 6.61 Å². The van der Waals surface area contributed by atoms with Gasteiger partial charge in [-0.05, 0) is 42.8 Å². The Labute approximate surface area is 118 Å². The lowest BCUT2D eigenvalue weighted by atomic mass is 9.99. The van der Waals surface area contributed by atoms with Gasteiger partial charge in [0.25, 0.3) is 0 Å². The van der Waals surface area contributed by atoms with Crippen molar-refractivity contribution < 1.29 is 9.22 Å². The highest BCUT2D eigenvalue weighted by molar-refractivity contribution is 6.74. The van der Waals surface area contributed by atoms with Crippen molar-refractivity contribution in [1.29, 1.82) is 0 Å². The van der Waals surface area contributed by atoms with Gasteiger partial charge in [-0.15, -0.1) is 0 Å². The van der Waals surface area contributed by atoms with Crippen LogP contribution in [0, 0.1) is 11.8 Å². The molecule has 0 saturated heterocycles. The second-order valence-electron chi connectivity index (χ2n) is 7.76. The highest BCUT2D eigenvalue weighted by Gasteiger charge is 2.38. The number of hydrogen-bond donors (Lipinski definition) is 0. The minimum atomic E-state index is -1.60. The Hall–Kier alpha value is -0.413. The summed E-state index contributed by atoms with van der Waals surface area (Å²) in [4.78, 5) is 11.4. The molecule has 0 unspecified atom stereocenters. The summed E-state index contributed by atoms with van der Waals surface area (Å²) in [5.41, 5.74) is 1.53. The van der Waals surface area contributed by atoms with E-state index in [9.17, 15) is 4.79 Å². The van der Waals surface area contributed by atoms with E-state index in [0.717, 1.165) is 32.3 Å². The van der Waals surface area contributed by atoms with Gasteiger partial charge in [-0.3, -0.25) is 4.79 Å². The largest absolute Gasteiger partial charge is 0.417 e. The smallest absolute Gasteiger partial charge is 0.191 e. The number of rotatable bonds is 4. The first-order chi connectivity index (χ1) is 8.69. The molecular weight excluding hydrogens is 252 g/mol. The third kappa shape index (κ3) is 3.37. The summed E-state index contributed by atoms with van der Waals surface area (Å²) in [5.74, 6) is 1.63. The lowest BCUT2D eigenvalue weighted by Gasteiger charge is -2.36. The molecule has 2 atom stereocenters. The summed E-state index contributed by atoms with van der Waals surface area (Å²) < 4.78 is 6.23. The van der Waals surface area contributed by atoms with Crippen LogP contribution in [0.25, 0.3) is 0 Å². The van der Waals surface area contributed by atoms with Crippen LogP contribution in [0.3, 0.4) is 0 Å². The maximum absolute atomic E-state index is 11.4. The van der Waals surface area contributed by atoms with Gasteiger partial charge in [0.15, 0.2) is 8.32 Å². The highest BCUT2D eigenvalue weighted by atomic mass is 28.4. The molecule has 1 saturated carbocycles. The van der Waals surface area contributed by atoms with Crippen molar-refractivity contribution in [2.24, 2.45) is 11.8 Å². The van der Waals surface area contributed by atoms with E-state index in [4.69, 9.17) is 4.43 Å². The predicted octanol–water partition coefficient (Wildman–Crippen LogP) is 4.32. The number of carbonyl (C=O) groups is 1. The van der Waals surface area contributed by atoms with Crippen molar-refractivity contribution in [3.63, 3.8) is 0 Å². The minimum Gasteiger partial charge on any atom is -0.417 e. The van der Waals surface area contributed by atoms with Gasteiger partial charge >= 0.3 is 0 Å². The van der Waals surface area contributed by atoms with Crippen molar-refractivity contribution in [2.45, 2.75) is 64.6 Å². The van der Waals surface area contributed by atoms with Crippen LogP contribution in [-0.4, -0.2) is 20.7 Å². The third-order valence-corrected chi connectivity index (χ3v) is 9.76. The van der Waals surface area contributed by atoms with Gasteiger partial charge in [0.05, 0.1) is 0 Å². The van der Waals surface area contributed by atoms with Gasteiger partial charge in [0, 0.05) is 19.4 Å². The zero-order chi connectivity index (χ0) is 14.3. The van der Waals surface area contributed by atoms with Crippen molar-refractivity contribution in [1.82, 2.24) is 0 Å². The number of allylic oxidation sites excluding steroid dienone is 1. The van der Waals surface area contributed by atoms with Crippen LogP contribution in [0.1, 0.15) is 46.5 Å². The SMILES string of the molecule is CC(C)(C)[Si](C)(C)OCCC1=C[C@H]2CC(=O)C[C@H]2C1. The standard InChI is InChI=1S/C16H28O2Si/c1-16(2,3)19(4,5)18-7-6-12-8-13-10-15(17)11-14(13)9-12/h8,13-14H,6-7,9-11H2,1-5H3/t13-,14+/m0/s1. The minimum absolute atomic E-state index is 0.292. The van der Waals surface area contributed by atoms with E-state index < -0.39 is 8.32 Å². The van der Waals surface area contributed by atoms with Gasteiger partial charge in [-0.2, -0.15) is 0 Å². The van der Waals surface area contributed by atoms with Gasteiger partial charge in [-0.1, -0.05) is 32.4 Å². The molecule has 0 aromatic carbocycles. The summed E-state index contributed by atoms with van der Waals surface area (Å²) in [6, 6.07) is 0. The molecule has 2 aliphatic carbocycles. The van der Waals surface area contributed by atoms with E-state index in [2.05, 4.69) is 39.9 Å². The Bertz CT molecular complexity index is 390. The molecule has 1 fully saturated rings. The molecule has 0 amide bonds. The average Bonchev–Trinajstić information content (AvgIpc) is 2.72. The summed E-state index contributed by atoms with van der Waals surface area (Å²) in [5, 5.41) is 0.292. The topological polar surface area (TPSA) is 26.3 Å². The fraction of sp³-hybridized carbons (Fsp3) is 0.812. The molecule has 0 aliphatic heterocycles. The van der Waals surface area contributed by atoms with E-state index in [0.29, 0.717) is 22.7 Å². The maximum Gasteiger partial charge on any atom is 0.191 e. The number of fused-ring (bicyclic) bond motifs is 1. The molecule has 0 N–H and O–H groups in total. The normalized spacial score (nSPS) is 27.6. The zero-order valence-electron chi connectivity index (χ0n) is 13.1. The molecule has 2 nitrogen and oxygen atoms in total. The average molecular weight is 280 g/mol. The van der Waals surface area contributed by atoms with E-state index in [1.54, 1.807) is 0 Å². The molecule has 2 rings (SSSR count). The van der Waals surface area contributed by atoms with Crippen molar-refractivity contribution in [3.8, 4) is 0 Å². The maximum atomic E-state index is 11.4. The second-order valence-corrected chi connectivity index (χ2v) is 12.6. The molecule has 0 bridgehead atoms. The molecule has 108 valence electrons. The summed E-state index contributed by atoms with van der Waals surface area (Å²) in [7, 11) is -1.60. The van der Waals surface area contributed by atoms with Crippen LogP contribution >= 0.6 is 0 Å². The molecule has 0 aromatic heterocycles. The molecule has 19 heavy (non-hydrogen) atoms. The molecular formula is C16H28O2Si. The van der Waals surface area contributed by atoms with Crippen molar-refractivity contribution in [3.05, 3.63) is 11.6 Å². The first-order valence-electron chi connectivity index (χ1n) is 7.54. The van der Waals surface area contributed by atoms with Crippen LogP contribution in [0.15, 0.2) is 11.6 Å². The lowest BCUT2D eigenvalue weighted by Crippen LogP contribution is -2.41. The van der Waals surface area contributed by atoms with Crippen LogP contribution in [-0.2, 0) is 9.22 Å². The Morgan fingerprint density at radius 3 is 2.53 bits per heavy atom. The number of carbonyl (C=O) groups excluding carboxylic acids is 1. The summed E-state index contributed by atoms with van der Waals surface area (Å²) in [6.45, 7) is 12.3. The number of hydrogen-bond acceptors (Lipinski definition) is 2. The lowest BCUT2D eigenvalue weighted by molar-refractivity contribution is -0.117. The Balaban J connectivity index is 1.79. The van der Waals surface area contributed by atoms with Crippen LogP contribution < -0.4 is 0 Å². The van der Waals surface area contributed by atoms with E-state index in [1.807, 2.05) is 0 Å². The fourth-order valence-electron chi connectivity index (χ4n) is 2.92.